The summed E-state index contributed by atoms with van der Waals surface area (Å²) in [4.78, 5) is 18.0. The highest BCUT2D eigenvalue weighted by Crippen LogP contribution is 2.18. The van der Waals surface area contributed by atoms with Crippen molar-refractivity contribution in [2.75, 3.05) is 38.3 Å². The molecule has 0 aliphatic carbocycles. The third-order valence-electron chi connectivity index (χ3n) is 3.52. The van der Waals surface area contributed by atoms with Gasteiger partial charge in [0.05, 0.1) is 12.2 Å². The maximum Gasteiger partial charge on any atom is 0.339 e. The average Bonchev–Trinajstić information content (AvgIpc) is 2.48. The Bertz CT molecular complexity index is 427. The summed E-state index contributed by atoms with van der Waals surface area (Å²) in [7, 11) is 2.03. The Balaban J connectivity index is 1.92. The molecule has 0 atom stereocenters. The van der Waals surface area contributed by atoms with Crippen molar-refractivity contribution < 1.29 is 14.3 Å². The highest BCUT2D eigenvalue weighted by molar-refractivity contribution is 5.89. The lowest BCUT2D eigenvalue weighted by molar-refractivity contribution is 0.0526. The van der Waals surface area contributed by atoms with E-state index in [4.69, 9.17) is 9.47 Å². The zero-order chi connectivity index (χ0) is 14.4. The first-order chi connectivity index (χ1) is 9.70. The zero-order valence-electron chi connectivity index (χ0n) is 12.2. The molecule has 1 fully saturated rings. The average molecular weight is 278 g/mol. The molecule has 20 heavy (non-hydrogen) atoms. The van der Waals surface area contributed by atoms with Gasteiger partial charge in [-0.2, -0.15) is 0 Å². The van der Waals surface area contributed by atoms with E-state index in [0.717, 1.165) is 38.4 Å². The number of rotatable bonds is 5. The quantitative estimate of drug-likeness (QED) is 0.772. The lowest BCUT2D eigenvalue weighted by Gasteiger charge is -2.27. The second-order valence-electron chi connectivity index (χ2n) is 5.06. The minimum atomic E-state index is -0.321. The Hall–Kier alpha value is -1.62. The van der Waals surface area contributed by atoms with Gasteiger partial charge in [0.15, 0.2) is 0 Å². The summed E-state index contributed by atoms with van der Waals surface area (Å²) in [6.07, 6.45) is 3.78. The first-order valence-electron chi connectivity index (χ1n) is 7.12. The molecule has 1 aliphatic rings. The molecule has 1 aliphatic heterocycles. The van der Waals surface area contributed by atoms with Crippen LogP contribution < -0.4 is 4.90 Å². The van der Waals surface area contributed by atoms with Gasteiger partial charge in [0.2, 0.25) is 0 Å². The summed E-state index contributed by atoms with van der Waals surface area (Å²) in [6, 6.07) is 3.63. The largest absolute Gasteiger partial charge is 0.462 e. The molecule has 0 saturated carbocycles. The first kappa shape index (κ1) is 14.8. The summed E-state index contributed by atoms with van der Waals surface area (Å²) >= 11 is 0. The van der Waals surface area contributed by atoms with Gasteiger partial charge in [-0.15, -0.1) is 0 Å². The monoisotopic (exact) mass is 278 g/mol. The van der Waals surface area contributed by atoms with Crippen molar-refractivity contribution in [2.45, 2.75) is 19.8 Å². The maximum atomic E-state index is 11.6. The summed E-state index contributed by atoms with van der Waals surface area (Å²) in [5.41, 5.74) is 0.495. The fourth-order valence-corrected chi connectivity index (χ4v) is 2.36. The van der Waals surface area contributed by atoms with Crippen LogP contribution in [-0.2, 0) is 9.47 Å². The van der Waals surface area contributed by atoms with E-state index in [-0.39, 0.29) is 5.97 Å². The molecule has 1 aromatic rings. The minimum Gasteiger partial charge on any atom is -0.462 e. The molecule has 5 nitrogen and oxygen atoms in total. The smallest absolute Gasteiger partial charge is 0.339 e. The van der Waals surface area contributed by atoms with Crippen molar-refractivity contribution >= 4 is 11.8 Å². The molecule has 1 aromatic heterocycles. The molecule has 0 amide bonds. The topological polar surface area (TPSA) is 51.7 Å². The highest BCUT2D eigenvalue weighted by atomic mass is 16.5. The Kier molecular flexibility index (Phi) is 5.35. The Morgan fingerprint density at radius 3 is 2.80 bits per heavy atom. The normalized spacial score (nSPS) is 15.9. The van der Waals surface area contributed by atoms with Crippen LogP contribution in [0.1, 0.15) is 30.1 Å². The van der Waals surface area contributed by atoms with Crippen molar-refractivity contribution in [2.24, 2.45) is 5.92 Å². The SMILES string of the molecule is CCOC(=O)c1ccc(N(C)CC2CCOCC2)nc1. The van der Waals surface area contributed by atoms with Gasteiger partial charge in [-0.3, -0.25) is 0 Å². The molecular weight excluding hydrogens is 256 g/mol. The standard InChI is InChI=1S/C15H22N2O3/c1-3-20-15(18)13-4-5-14(16-10-13)17(2)11-12-6-8-19-9-7-12/h4-5,10,12H,3,6-9,11H2,1-2H3. The first-order valence-corrected chi connectivity index (χ1v) is 7.12. The lowest BCUT2D eigenvalue weighted by atomic mass is 10.00. The van der Waals surface area contributed by atoms with Crippen LogP contribution in [0.2, 0.25) is 0 Å². The number of esters is 1. The van der Waals surface area contributed by atoms with Crippen molar-refractivity contribution in [3.8, 4) is 0 Å². The molecule has 5 heteroatoms. The van der Waals surface area contributed by atoms with Gasteiger partial charge in [0.1, 0.15) is 5.82 Å². The lowest BCUT2D eigenvalue weighted by Crippen LogP contribution is -2.30. The fourth-order valence-electron chi connectivity index (χ4n) is 2.36. The Morgan fingerprint density at radius 1 is 1.45 bits per heavy atom. The molecule has 0 spiro atoms. The van der Waals surface area contributed by atoms with Crippen LogP contribution in [0.15, 0.2) is 18.3 Å². The van der Waals surface area contributed by atoms with E-state index in [9.17, 15) is 4.79 Å². The number of carbonyl (C=O) groups excluding carboxylic acids is 1. The minimum absolute atomic E-state index is 0.321. The van der Waals surface area contributed by atoms with Crippen molar-refractivity contribution in [3.05, 3.63) is 23.9 Å². The maximum absolute atomic E-state index is 11.6. The van der Waals surface area contributed by atoms with Crippen LogP contribution in [0.5, 0.6) is 0 Å². The van der Waals surface area contributed by atoms with Crippen LogP contribution in [0, 0.1) is 5.92 Å². The molecule has 0 aromatic carbocycles. The van der Waals surface area contributed by atoms with E-state index in [0.29, 0.717) is 18.1 Å². The van der Waals surface area contributed by atoms with Gasteiger partial charge in [0.25, 0.3) is 0 Å². The van der Waals surface area contributed by atoms with Crippen LogP contribution in [0.4, 0.5) is 5.82 Å². The van der Waals surface area contributed by atoms with E-state index in [1.54, 1.807) is 19.2 Å². The van der Waals surface area contributed by atoms with Gasteiger partial charge >= 0.3 is 5.97 Å². The van der Waals surface area contributed by atoms with E-state index >= 15 is 0 Å². The number of anilines is 1. The predicted octanol–water partition coefficient (Wildman–Crippen LogP) is 2.12. The molecule has 110 valence electrons. The van der Waals surface area contributed by atoms with Gasteiger partial charge in [-0.1, -0.05) is 0 Å². The molecule has 2 rings (SSSR count). The van der Waals surface area contributed by atoms with Crippen LogP contribution in [0.3, 0.4) is 0 Å². The van der Waals surface area contributed by atoms with Gasteiger partial charge in [-0.25, -0.2) is 9.78 Å². The number of ether oxygens (including phenoxy) is 2. The van der Waals surface area contributed by atoms with Gasteiger partial charge in [-0.05, 0) is 37.8 Å². The van der Waals surface area contributed by atoms with Gasteiger partial charge < -0.3 is 14.4 Å². The molecule has 0 unspecified atom stereocenters. The van der Waals surface area contributed by atoms with Crippen LogP contribution in [0.25, 0.3) is 0 Å². The summed E-state index contributed by atoms with van der Waals surface area (Å²) in [6.45, 7) is 4.85. The summed E-state index contributed by atoms with van der Waals surface area (Å²) in [5.74, 6) is 1.21. The molecule has 2 heterocycles. The molecule has 0 N–H and O–H groups in total. The fraction of sp³-hybridized carbons (Fsp3) is 0.600. The predicted molar refractivity (Wildman–Crippen MR) is 77.0 cm³/mol. The second kappa shape index (κ2) is 7.24. The molecular formula is C15H22N2O3. The highest BCUT2D eigenvalue weighted by Gasteiger charge is 2.16. The molecule has 0 radical (unpaired) electrons. The van der Waals surface area contributed by atoms with Crippen LogP contribution in [-0.4, -0.2) is 44.4 Å². The number of carbonyl (C=O) groups is 1. The number of nitrogens with zero attached hydrogens (tertiary/aromatic N) is 2. The summed E-state index contributed by atoms with van der Waals surface area (Å²) in [5, 5.41) is 0. The second-order valence-corrected chi connectivity index (χ2v) is 5.06. The van der Waals surface area contributed by atoms with E-state index in [1.807, 2.05) is 13.1 Å². The summed E-state index contributed by atoms with van der Waals surface area (Å²) < 4.78 is 10.3. The number of hydrogen-bond acceptors (Lipinski definition) is 5. The van der Waals surface area contributed by atoms with E-state index in [1.165, 1.54) is 0 Å². The Labute approximate surface area is 119 Å². The van der Waals surface area contributed by atoms with Crippen molar-refractivity contribution in [1.82, 2.24) is 4.98 Å². The van der Waals surface area contributed by atoms with Gasteiger partial charge in [0, 0.05) is 33.0 Å². The third kappa shape index (κ3) is 3.93. The number of pyridine rings is 1. The zero-order valence-corrected chi connectivity index (χ0v) is 12.2. The molecule has 1 saturated heterocycles. The third-order valence-corrected chi connectivity index (χ3v) is 3.52. The van der Waals surface area contributed by atoms with Crippen LogP contribution >= 0.6 is 0 Å². The Morgan fingerprint density at radius 2 is 2.20 bits per heavy atom. The number of hydrogen-bond donors (Lipinski definition) is 0. The van der Waals surface area contributed by atoms with E-state index < -0.39 is 0 Å². The van der Waals surface area contributed by atoms with E-state index in [2.05, 4.69) is 9.88 Å². The number of aromatic nitrogens is 1. The van der Waals surface area contributed by atoms with Crippen molar-refractivity contribution in [1.29, 1.82) is 0 Å². The molecule has 0 bridgehead atoms. The van der Waals surface area contributed by atoms with Crippen molar-refractivity contribution in [3.63, 3.8) is 0 Å².